The Kier molecular flexibility index (Phi) is 23.7. The van der Waals surface area contributed by atoms with Crippen LogP contribution in [0.15, 0.2) is 195 Å². The number of allylic oxidation sites excluding steroid dienone is 6. The number of rotatable bonds is 21. The van der Waals surface area contributed by atoms with Gasteiger partial charge in [0.25, 0.3) is 0 Å². The van der Waals surface area contributed by atoms with E-state index < -0.39 is 65.5 Å². The van der Waals surface area contributed by atoms with E-state index in [-0.39, 0.29) is 115 Å². The van der Waals surface area contributed by atoms with Gasteiger partial charge in [0.1, 0.15) is 35.8 Å². The maximum absolute atomic E-state index is 14.8. The van der Waals surface area contributed by atoms with Gasteiger partial charge in [-0.05, 0) is 198 Å². The van der Waals surface area contributed by atoms with Crippen LogP contribution in [0.25, 0.3) is 0 Å². The zero-order valence-electron chi connectivity index (χ0n) is 55.5. The van der Waals surface area contributed by atoms with Gasteiger partial charge in [0, 0.05) is 11.4 Å². The minimum Gasteiger partial charge on any atom is -0.508 e. The lowest BCUT2D eigenvalue weighted by molar-refractivity contribution is -0.139. The molecular formula is C73H66I3N3O20. The fourth-order valence-electron chi connectivity index (χ4n) is 11.9. The number of hydrogen-bond donors (Lipinski definition) is 2. The van der Waals surface area contributed by atoms with Crippen molar-refractivity contribution >= 4 is 116 Å². The second-order valence-electron chi connectivity index (χ2n) is 22.4. The van der Waals surface area contributed by atoms with Gasteiger partial charge in [-0.2, -0.15) is 10.1 Å². The first-order chi connectivity index (χ1) is 47.3. The molecule has 6 aromatic rings. The van der Waals surface area contributed by atoms with E-state index in [9.17, 15) is 43.5 Å². The highest BCUT2D eigenvalue weighted by molar-refractivity contribution is 14.1. The Morgan fingerprint density at radius 3 is 1.14 bits per heavy atom. The summed E-state index contributed by atoms with van der Waals surface area (Å²) < 4.78 is 51.6. The molecule has 0 unspecified atom stereocenters. The molecule has 23 nitrogen and oxygen atoms in total. The molecule has 3 heterocycles. The summed E-state index contributed by atoms with van der Waals surface area (Å²) in [5, 5.41) is 15.9. The normalized spacial score (nSPS) is 14.5. The number of benzene rings is 6. The molecule has 3 aliphatic rings. The number of phenols is 1. The van der Waals surface area contributed by atoms with Crippen molar-refractivity contribution in [1.29, 1.82) is 0 Å². The topological polar surface area (TPSA) is 277 Å². The van der Waals surface area contributed by atoms with Crippen LogP contribution in [-0.4, -0.2) is 106 Å². The summed E-state index contributed by atoms with van der Waals surface area (Å²) >= 11 is 6.10. The highest BCUT2D eigenvalue weighted by Gasteiger charge is 2.46. The van der Waals surface area contributed by atoms with Gasteiger partial charge < -0.3 is 62.7 Å². The number of hydrogen-bond acceptors (Lipinski definition) is 23. The molecule has 0 spiro atoms. The van der Waals surface area contributed by atoms with Gasteiger partial charge in [-0.15, -0.1) is 0 Å². The third-order valence-corrected chi connectivity index (χ3v) is 19.0. The lowest BCUT2D eigenvalue weighted by Crippen LogP contribution is -2.37. The van der Waals surface area contributed by atoms with Gasteiger partial charge in [-0.25, -0.2) is 38.4 Å². The molecular weight excluding hydrogens is 1620 g/mol. The van der Waals surface area contributed by atoms with Crippen molar-refractivity contribution in [3.63, 3.8) is 0 Å². The molecule has 0 saturated carbocycles. The third kappa shape index (κ3) is 15.3. The fraction of sp³-hybridized carbons (Fsp3) is 0.233. The number of nitrogens with one attached hydrogen (secondary N) is 1. The maximum Gasteiger partial charge on any atom is 0.342 e. The minimum atomic E-state index is -1.48. The first kappa shape index (κ1) is 73.6. The van der Waals surface area contributed by atoms with E-state index in [4.69, 9.17) is 52.3 Å². The van der Waals surface area contributed by atoms with Gasteiger partial charge in [-0.1, -0.05) is 66.7 Å². The molecule has 0 amide bonds. The highest BCUT2D eigenvalue weighted by Crippen LogP contribution is 2.50. The molecule has 9 rings (SSSR count). The maximum atomic E-state index is 14.8. The fourth-order valence-corrected chi connectivity index (χ4v) is 14.5. The number of nitrogens with zero attached hydrogens (tertiary/aromatic N) is 2. The number of halogens is 3. The van der Waals surface area contributed by atoms with Crippen LogP contribution >= 0.6 is 67.8 Å². The molecule has 0 aromatic heterocycles. The summed E-state index contributed by atoms with van der Waals surface area (Å²) in [6, 6.07) is 34.2. The van der Waals surface area contributed by atoms with Gasteiger partial charge in [-0.3, -0.25) is 0 Å². The molecule has 0 atom stereocenters. The number of carbonyl (C=O) groups excluding carboxylic acids is 8. The largest absolute Gasteiger partial charge is 0.508 e. The molecule has 514 valence electrons. The van der Waals surface area contributed by atoms with Crippen molar-refractivity contribution in [3.05, 3.63) is 245 Å². The summed E-state index contributed by atoms with van der Waals surface area (Å²) in [4.78, 5) is 128. The zero-order chi connectivity index (χ0) is 71.8. The quantitative estimate of drug-likeness (QED) is 0.0385. The van der Waals surface area contributed by atoms with Crippen LogP contribution in [-0.2, 0) is 79.9 Å². The van der Waals surface area contributed by atoms with Gasteiger partial charge in [0.15, 0.2) is 17.2 Å². The number of phenolic OH excluding ortho intramolecular Hbond substituents is 1. The van der Waals surface area contributed by atoms with Crippen molar-refractivity contribution in [3.8, 4) is 28.7 Å². The molecule has 26 heteroatoms. The van der Waals surface area contributed by atoms with Crippen molar-refractivity contribution in [2.24, 2.45) is 0 Å². The highest BCUT2D eigenvalue weighted by atomic mass is 127. The van der Waals surface area contributed by atoms with E-state index in [0.29, 0.717) is 44.4 Å². The lowest BCUT2D eigenvalue weighted by Gasteiger charge is -2.38. The summed E-state index contributed by atoms with van der Waals surface area (Å²) in [5.74, 6) is -10.3. The Bertz CT molecular complexity index is 4260. The summed E-state index contributed by atoms with van der Waals surface area (Å²) in [5.41, 5.74) is 3.04. The summed E-state index contributed by atoms with van der Waals surface area (Å²) in [6.45, 7) is 9.28. The Morgan fingerprint density at radius 2 is 0.758 bits per heavy atom. The van der Waals surface area contributed by atoms with E-state index >= 15 is 0 Å². The number of methoxy groups -OCH3 is 6. The number of carbonyl (C=O) groups is 8. The molecule has 0 bridgehead atoms. The van der Waals surface area contributed by atoms with Gasteiger partial charge in [0.2, 0.25) is 0 Å². The van der Waals surface area contributed by atoms with Crippen LogP contribution in [0.5, 0.6) is 28.7 Å². The van der Waals surface area contributed by atoms with Crippen molar-refractivity contribution in [2.45, 2.75) is 72.5 Å². The summed E-state index contributed by atoms with van der Waals surface area (Å²) in [6.07, 6.45) is 0. The molecule has 2 N–H and O–H groups in total. The number of hydroxylamine groups is 4. The second kappa shape index (κ2) is 31.9. The molecule has 0 radical (unpaired) electrons. The Labute approximate surface area is 610 Å². The molecule has 3 aliphatic heterocycles. The van der Waals surface area contributed by atoms with E-state index in [1.165, 1.54) is 75.0 Å². The third-order valence-electron chi connectivity index (χ3n) is 16.5. The first-order valence-electron chi connectivity index (χ1n) is 30.2. The van der Waals surface area contributed by atoms with E-state index in [2.05, 4.69) is 5.32 Å². The predicted octanol–water partition coefficient (Wildman–Crippen LogP) is 12.9. The average molecular weight is 1690 g/mol. The molecule has 99 heavy (non-hydrogen) atoms. The van der Waals surface area contributed by atoms with Crippen LogP contribution in [0.4, 0.5) is 0 Å². The number of dihydropyridines is 1. The zero-order valence-corrected chi connectivity index (χ0v) is 62.0. The molecule has 6 aromatic carbocycles. The number of esters is 8. The van der Waals surface area contributed by atoms with Crippen LogP contribution in [0.2, 0.25) is 0 Å². The Morgan fingerprint density at radius 1 is 0.404 bits per heavy atom. The van der Waals surface area contributed by atoms with Crippen molar-refractivity contribution in [1.82, 2.24) is 15.4 Å². The Hall–Kier alpha value is -9.69. The number of ether oxygens (including phenoxy) is 9. The number of aromatic hydroxyl groups is 1. The minimum absolute atomic E-state index is 0.0110. The smallest absolute Gasteiger partial charge is 0.342 e. The predicted molar refractivity (Wildman–Crippen MR) is 381 cm³/mol. The van der Waals surface area contributed by atoms with Gasteiger partial charge in [0.05, 0.1) is 127 Å². The molecule has 0 fully saturated rings. The average Bonchev–Trinajstić information content (AvgIpc) is 0.775. The molecule has 0 saturated heterocycles. The molecule has 0 aliphatic carbocycles. The standard InChI is InChI=1S/C73H66I3N3O20/c1-36-55(68(83)89-7)61(56(37(2)77-36)69(84)90-8)44-23-28-54(51(74)31-44)98-78-38(3)57(70(85)91-9)63(58(39(78)4)71(86)92-10)46-32-52(75)65(53(76)33-46)99-79-40(5)59(72(87)93-11)62(60(41(79)6)73(88)94-12)45-29-49(66(81)95-34-42-19-15-13-16-20-42)64(97-48-26-24-47(80)25-27-48)50(30-45)67(82)96-35-43-21-17-14-18-22-43/h13-33,61-63,77,80H,34-35H2,1-12H3. The van der Waals surface area contributed by atoms with Crippen molar-refractivity contribution < 1.29 is 95.8 Å². The van der Waals surface area contributed by atoms with Crippen LogP contribution < -0.4 is 19.7 Å². The summed E-state index contributed by atoms with van der Waals surface area (Å²) in [7, 11) is 7.15. The van der Waals surface area contributed by atoms with Crippen LogP contribution in [0, 0.1) is 10.7 Å². The first-order valence-corrected chi connectivity index (χ1v) is 33.4. The monoisotopic (exact) mass is 1690 g/mol. The van der Waals surface area contributed by atoms with E-state index in [1.54, 1.807) is 133 Å². The van der Waals surface area contributed by atoms with Gasteiger partial charge >= 0.3 is 47.8 Å². The lowest BCUT2D eigenvalue weighted by atomic mass is 9.79. The second-order valence-corrected chi connectivity index (χ2v) is 25.9. The van der Waals surface area contributed by atoms with Crippen molar-refractivity contribution in [2.75, 3.05) is 42.7 Å². The Balaban J connectivity index is 1.14. The van der Waals surface area contributed by atoms with E-state index in [1.807, 2.05) is 67.8 Å². The van der Waals surface area contributed by atoms with E-state index in [0.717, 1.165) is 14.2 Å². The SMILES string of the molecule is COC(=O)C1=C(C)NC(C)=C(C(=O)OC)C1c1ccc(ON2C(C)=C(C(=O)OC)C(c3cc(I)c(ON4C(C)=C(C(=O)OC)C(c5cc(C(=O)OCc6ccccc6)c(Oc6ccc(O)cc6)c(C(=O)OCc6ccccc6)c5)C(C(=O)OC)=C4C)c(I)c3)C(C(=O)OC)=C2C)c(I)c1. The van der Waals surface area contributed by atoms with Crippen LogP contribution in [0.3, 0.4) is 0 Å². The van der Waals surface area contributed by atoms with Crippen LogP contribution in [0.1, 0.15) is 108 Å².